The zero-order chi connectivity index (χ0) is 13.4. The zero-order valence-electron chi connectivity index (χ0n) is 9.79. The highest BCUT2D eigenvalue weighted by Gasteiger charge is 2.10. The van der Waals surface area contributed by atoms with Crippen molar-refractivity contribution < 1.29 is 14.6 Å². The van der Waals surface area contributed by atoms with E-state index in [1.165, 1.54) is 6.07 Å². The summed E-state index contributed by atoms with van der Waals surface area (Å²) >= 11 is 6.52. The van der Waals surface area contributed by atoms with Crippen molar-refractivity contribution in [1.29, 1.82) is 0 Å². The van der Waals surface area contributed by atoms with Crippen molar-refractivity contribution in [2.45, 2.75) is 6.42 Å². The van der Waals surface area contributed by atoms with Crippen LogP contribution in [-0.4, -0.2) is 36.1 Å². The summed E-state index contributed by atoms with van der Waals surface area (Å²) in [6.45, 7) is 1.80. The fourth-order valence-corrected chi connectivity index (χ4v) is 1.91. The van der Waals surface area contributed by atoms with Gasteiger partial charge in [0, 0.05) is 23.0 Å². The van der Waals surface area contributed by atoms with Gasteiger partial charge < -0.3 is 15.2 Å². The monoisotopic (exact) mass is 379 g/mol. The number of carbonyl (C=O) groups is 1. The van der Waals surface area contributed by atoms with Gasteiger partial charge in [-0.2, -0.15) is 0 Å². The van der Waals surface area contributed by atoms with Crippen LogP contribution in [0.5, 0.6) is 5.75 Å². The topological polar surface area (TPSA) is 58.6 Å². The SMILES string of the molecule is O=C(NCCCOCCBr)c1cc(Br)ccc1O. The number of ether oxygens (including phenoxy) is 1. The van der Waals surface area contributed by atoms with Crippen LogP contribution in [0.2, 0.25) is 0 Å². The Labute approximate surface area is 123 Å². The van der Waals surface area contributed by atoms with Crippen molar-refractivity contribution in [1.82, 2.24) is 5.32 Å². The van der Waals surface area contributed by atoms with Crippen LogP contribution >= 0.6 is 31.9 Å². The number of phenols is 1. The van der Waals surface area contributed by atoms with Crippen molar-refractivity contribution in [2.24, 2.45) is 0 Å². The molecule has 18 heavy (non-hydrogen) atoms. The maximum atomic E-state index is 11.8. The Hall–Kier alpha value is -0.590. The summed E-state index contributed by atoms with van der Waals surface area (Å²) < 4.78 is 6.01. The average molecular weight is 381 g/mol. The number of halogens is 2. The molecule has 1 rings (SSSR count). The van der Waals surface area contributed by atoms with E-state index in [4.69, 9.17) is 4.74 Å². The summed E-state index contributed by atoms with van der Waals surface area (Å²) in [6.07, 6.45) is 0.744. The van der Waals surface area contributed by atoms with Crippen molar-refractivity contribution in [3.63, 3.8) is 0 Å². The molecule has 1 aromatic rings. The van der Waals surface area contributed by atoms with Gasteiger partial charge in [0.15, 0.2) is 0 Å². The van der Waals surface area contributed by atoms with Crippen molar-refractivity contribution in [3.05, 3.63) is 28.2 Å². The second kappa shape index (κ2) is 8.50. The summed E-state index contributed by atoms with van der Waals surface area (Å²) in [7, 11) is 0. The molecular weight excluding hydrogens is 366 g/mol. The van der Waals surface area contributed by atoms with Crippen LogP contribution in [0.4, 0.5) is 0 Å². The summed E-state index contributed by atoms with van der Waals surface area (Å²) in [5, 5.41) is 13.1. The van der Waals surface area contributed by atoms with Gasteiger partial charge in [-0.25, -0.2) is 0 Å². The quantitative estimate of drug-likeness (QED) is 0.564. The molecule has 1 amide bonds. The molecule has 6 heteroatoms. The number of carbonyl (C=O) groups excluding carboxylic acids is 1. The van der Waals surface area contributed by atoms with E-state index >= 15 is 0 Å². The summed E-state index contributed by atoms with van der Waals surface area (Å²) in [4.78, 5) is 11.8. The number of aromatic hydroxyl groups is 1. The lowest BCUT2D eigenvalue weighted by Crippen LogP contribution is -2.25. The smallest absolute Gasteiger partial charge is 0.255 e. The number of hydrogen-bond donors (Lipinski definition) is 2. The van der Waals surface area contributed by atoms with Gasteiger partial charge in [0.2, 0.25) is 0 Å². The van der Waals surface area contributed by atoms with E-state index in [-0.39, 0.29) is 17.2 Å². The molecule has 0 aliphatic heterocycles. The van der Waals surface area contributed by atoms with Gasteiger partial charge >= 0.3 is 0 Å². The van der Waals surface area contributed by atoms with E-state index in [2.05, 4.69) is 37.2 Å². The summed E-state index contributed by atoms with van der Waals surface area (Å²) in [5.74, 6) is -0.305. The number of nitrogens with one attached hydrogen (secondary N) is 1. The summed E-state index contributed by atoms with van der Waals surface area (Å²) in [5.41, 5.74) is 0.269. The van der Waals surface area contributed by atoms with Gasteiger partial charge in [-0.3, -0.25) is 4.79 Å². The van der Waals surface area contributed by atoms with Gasteiger partial charge in [0.1, 0.15) is 5.75 Å². The van der Waals surface area contributed by atoms with E-state index < -0.39 is 0 Å². The van der Waals surface area contributed by atoms with E-state index in [0.29, 0.717) is 19.8 Å². The Morgan fingerprint density at radius 3 is 2.89 bits per heavy atom. The molecule has 0 saturated carbocycles. The number of hydrogen-bond acceptors (Lipinski definition) is 3. The van der Waals surface area contributed by atoms with Crippen LogP contribution < -0.4 is 5.32 Å². The van der Waals surface area contributed by atoms with Crippen molar-refractivity contribution in [2.75, 3.05) is 25.1 Å². The lowest BCUT2D eigenvalue weighted by atomic mass is 10.2. The standard InChI is InChI=1S/C12H15Br2NO3/c13-4-7-18-6-1-5-15-12(17)10-8-9(14)2-3-11(10)16/h2-3,8,16H,1,4-7H2,(H,15,17). The average Bonchev–Trinajstić information content (AvgIpc) is 2.36. The second-order valence-electron chi connectivity index (χ2n) is 3.57. The predicted molar refractivity (Wildman–Crippen MR) is 77.4 cm³/mol. The molecule has 0 aliphatic rings. The molecule has 0 aliphatic carbocycles. The molecule has 0 fully saturated rings. The largest absolute Gasteiger partial charge is 0.507 e. The van der Waals surface area contributed by atoms with Gasteiger partial charge in [0.25, 0.3) is 5.91 Å². The third kappa shape index (κ3) is 5.37. The fourth-order valence-electron chi connectivity index (χ4n) is 1.32. The van der Waals surface area contributed by atoms with E-state index in [1.807, 2.05) is 0 Å². The van der Waals surface area contributed by atoms with E-state index in [0.717, 1.165) is 16.2 Å². The minimum atomic E-state index is -0.283. The first-order valence-corrected chi connectivity index (χ1v) is 7.47. The van der Waals surface area contributed by atoms with Gasteiger partial charge in [-0.15, -0.1) is 0 Å². The molecule has 0 spiro atoms. The van der Waals surface area contributed by atoms with Gasteiger partial charge in [-0.05, 0) is 24.6 Å². The third-order valence-electron chi connectivity index (χ3n) is 2.18. The lowest BCUT2D eigenvalue weighted by Gasteiger charge is -2.07. The maximum absolute atomic E-state index is 11.8. The first-order chi connectivity index (χ1) is 8.65. The minimum Gasteiger partial charge on any atom is -0.507 e. The highest BCUT2D eigenvalue weighted by Crippen LogP contribution is 2.21. The van der Waals surface area contributed by atoms with Crippen LogP contribution in [0, 0.1) is 0 Å². The van der Waals surface area contributed by atoms with Crippen LogP contribution in [-0.2, 0) is 4.74 Å². The first kappa shape index (κ1) is 15.5. The first-order valence-electron chi connectivity index (χ1n) is 5.55. The third-order valence-corrected chi connectivity index (χ3v) is 2.99. The van der Waals surface area contributed by atoms with Gasteiger partial charge in [0.05, 0.1) is 12.2 Å². The highest BCUT2D eigenvalue weighted by molar-refractivity contribution is 9.10. The second-order valence-corrected chi connectivity index (χ2v) is 5.28. The Kier molecular flexibility index (Phi) is 7.31. The number of benzene rings is 1. The molecule has 4 nitrogen and oxygen atoms in total. The number of amides is 1. The molecule has 0 saturated heterocycles. The van der Waals surface area contributed by atoms with E-state index in [1.54, 1.807) is 12.1 Å². The van der Waals surface area contributed by atoms with Crippen molar-refractivity contribution in [3.8, 4) is 5.75 Å². The van der Waals surface area contributed by atoms with Crippen LogP contribution in [0.3, 0.4) is 0 Å². The predicted octanol–water partition coefficient (Wildman–Crippen LogP) is 2.69. The Bertz CT molecular complexity index is 399. The fraction of sp³-hybridized carbons (Fsp3) is 0.417. The molecule has 2 N–H and O–H groups in total. The Morgan fingerprint density at radius 2 is 2.17 bits per heavy atom. The Balaban J connectivity index is 2.34. The molecule has 0 atom stereocenters. The number of rotatable bonds is 7. The molecule has 0 radical (unpaired) electrons. The lowest BCUT2D eigenvalue weighted by molar-refractivity contribution is 0.0942. The minimum absolute atomic E-state index is 0.0220. The van der Waals surface area contributed by atoms with Crippen LogP contribution in [0.25, 0.3) is 0 Å². The molecule has 0 bridgehead atoms. The van der Waals surface area contributed by atoms with Gasteiger partial charge in [-0.1, -0.05) is 31.9 Å². The van der Waals surface area contributed by atoms with Crippen LogP contribution in [0.15, 0.2) is 22.7 Å². The molecule has 0 heterocycles. The normalized spacial score (nSPS) is 10.3. The number of phenolic OH excluding ortho intramolecular Hbond substituents is 1. The molecule has 0 aromatic heterocycles. The Morgan fingerprint density at radius 1 is 1.39 bits per heavy atom. The zero-order valence-corrected chi connectivity index (χ0v) is 13.0. The molecule has 1 aromatic carbocycles. The van der Waals surface area contributed by atoms with Crippen molar-refractivity contribution >= 4 is 37.8 Å². The molecular formula is C12H15Br2NO3. The maximum Gasteiger partial charge on any atom is 0.255 e. The molecule has 0 unspecified atom stereocenters. The highest BCUT2D eigenvalue weighted by atomic mass is 79.9. The van der Waals surface area contributed by atoms with Crippen LogP contribution in [0.1, 0.15) is 16.8 Å². The summed E-state index contributed by atoms with van der Waals surface area (Å²) in [6, 6.07) is 4.75. The van der Waals surface area contributed by atoms with E-state index in [9.17, 15) is 9.90 Å². The molecule has 100 valence electrons. The number of alkyl halides is 1.